The molecule has 0 aromatic heterocycles. The van der Waals surface area contributed by atoms with Gasteiger partial charge in [-0.1, -0.05) is 20.8 Å². The Labute approximate surface area is 367 Å². The monoisotopic (exact) mass is 1190 g/mol. The van der Waals surface area contributed by atoms with E-state index in [0.717, 1.165) is 6.42 Å². The Kier molecular flexibility index (Phi) is 34.0. The van der Waals surface area contributed by atoms with Gasteiger partial charge in [0.15, 0.2) is 6.10 Å². The van der Waals surface area contributed by atoms with Crippen molar-refractivity contribution in [2.45, 2.75) is 58.3 Å². The molecule has 0 heterocycles. The molecule has 0 aromatic carbocycles. The third kappa shape index (κ3) is 33.4. The molecule has 0 aromatic rings. The molecular formula is C32H62I3N6O14V. The summed E-state index contributed by atoms with van der Waals surface area (Å²) in [5.41, 5.74) is 10.0. The van der Waals surface area contributed by atoms with E-state index >= 15 is 0 Å². The quantitative estimate of drug-likeness (QED) is 0.0331. The summed E-state index contributed by atoms with van der Waals surface area (Å²) >= 11 is 7.39. The summed E-state index contributed by atoms with van der Waals surface area (Å²) in [6.45, 7) is 8.65. The zero-order valence-electron chi connectivity index (χ0n) is 32.4. The SMILES string of the molecule is CC1(C)CC(NC(=O)OCC(O)COC(=O)NCCOCCOCCN)CC(C)(CNC(=O)OCC(CO)OC(=O)NCCOCCOCCN)C1.[I][V]([I])[I]. The van der Waals surface area contributed by atoms with Crippen LogP contribution in [0.4, 0.5) is 19.2 Å². The summed E-state index contributed by atoms with van der Waals surface area (Å²) in [4.78, 5) is 48.6. The van der Waals surface area contributed by atoms with Crippen LogP contribution in [0.2, 0.25) is 0 Å². The Balaban J connectivity index is 0.00000718. The van der Waals surface area contributed by atoms with Gasteiger partial charge in [-0.15, -0.1) is 0 Å². The minimum atomic E-state index is -1.24. The first-order chi connectivity index (χ1) is 26.5. The number of amides is 4. The molecule has 1 aliphatic carbocycles. The maximum atomic E-state index is 12.6. The Morgan fingerprint density at radius 3 is 1.70 bits per heavy atom. The third-order valence-electron chi connectivity index (χ3n) is 7.42. The van der Waals surface area contributed by atoms with E-state index in [1.54, 1.807) is 0 Å². The molecule has 0 saturated heterocycles. The first-order valence-electron chi connectivity index (χ1n) is 18.0. The number of ether oxygens (including phenoxy) is 8. The number of aliphatic hydroxyl groups excluding tert-OH is 2. The molecule has 20 nitrogen and oxygen atoms in total. The predicted molar refractivity (Wildman–Crippen MR) is 228 cm³/mol. The number of nitrogens with two attached hydrogens (primary N) is 2. The van der Waals surface area contributed by atoms with E-state index in [4.69, 9.17) is 49.4 Å². The van der Waals surface area contributed by atoms with Crippen LogP contribution in [-0.4, -0.2) is 165 Å². The molecular weight excluding hydrogens is 1120 g/mol. The molecule has 4 atom stereocenters. The van der Waals surface area contributed by atoms with Crippen molar-refractivity contribution in [3.05, 3.63) is 0 Å². The summed E-state index contributed by atoms with van der Waals surface area (Å²) in [6.07, 6.45) is -3.49. The Bertz CT molecular complexity index is 1080. The van der Waals surface area contributed by atoms with Gasteiger partial charge in [-0.05, 0) is 30.1 Å². The van der Waals surface area contributed by atoms with E-state index < -0.39 is 55.2 Å². The fourth-order valence-electron chi connectivity index (χ4n) is 5.61. The van der Waals surface area contributed by atoms with Crippen LogP contribution in [0.1, 0.15) is 40.0 Å². The number of aliphatic hydroxyl groups is 2. The van der Waals surface area contributed by atoms with Gasteiger partial charge in [-0.25, -0.2) is 19.2 Å². The molecule has 1 saturated carbocycles. The molecule has 4 amide bonds. The zero-order chi connectivity index (χ0) is 42.2. The average Bonchev–Trinajstić information content (AvgIpc) is 3.11. The molecule has 4 unspecified atom stereocenters. The molecule has 0 aliphatic heterocycles. The number of hydrogen-bond donors (Lipinski definition) is 8. The maximum absolute atomic E-state index is 12.6. The molecule has 1 rings (SSSR count). The van der Waals surface area contributed by atoms with Crippen LogP contribution in [0.3, 0.4) is 0 Å². The molecule has 1 aliphatic rings. The first kappa shape index (κ1) is 55.5. The number of carbonyl (C=O) groups excluding carboxylic acids is 4. The minimum absolute atomic E-state index is 0.167. The molecule has 0 radical (unpaired) electrons. The van der Waals surface area contributed by atoms with E-state index in [0.29, 0.717) is 65.6 Å². The van der Waals surface area contributed by atoms with Crippen molar-refractivity contribution < 1.29 is 72.2 Å². The summed E-state index contributed by atoms with van der Waals surface area (Å²) in [5.74, 6) is 0. The number of hydrogen-bond acceptors (Lipinski definition) is 16. The molecule has 0 bridgehead atoms. The van der Waals surface area contributed by atoms with Crippen molar-refractivity contribution in [3.8, 4) is 0 Å². The van der Waals surface area contributed by atoms with Gasteiger partial charge in [0, 0.05) is 38.8 Å². The van der Waals surface area contributed by atoms with Gasteiger partial charge in [0.25, 0.3) is 0 Å². The predicted octanol–water partition coefficient (Wildman–Crippen LogP) is 1.84. The van der Waals surface area contributed by atoms with E-state index in [1.165, 1.54) is 0 Å². The third-order valence-corrected chi connectivity index (χ3v) is 7.42. The van der Waals surface area contributed by atoms with E-state index in [2.05, 4.69) is 95.1 Å². The molecule has 24 heteroatoms. The number of halogens is 3. The van der Waals surface area contributed by atoms with Gasteiger partial charge < -0.3 is 80.8 Å². The fraction of sp³-hybridized carbons (Fsp3) is 0.875. The zero-order valence-corrected chi connectivity index (χ0v) is 40.3. The van der Waals surface area contributed by atoms with Crippen molar-refractivity contribution in [3.63, 3.8) is 0 Å². The standard InChI is InChI=1S/C32H62N6O14.3HI.V/c1-31(2)16-24(38-30(44)50-20-25(40)19-49-27(41)35-6-10-47-14-12-45-8-4-33)17-32(3,22-31)23-37-28(42)51-21-26(18-39)52-29(43)36-7-11-48-15-13-46-9-5-34;;;;/h24-26,39-40H,4-23,33-34H2,1-3H3,(H,35,41)(H,36,43)(H,37,42)(H,38,44);3*1H;/q;;;;+3/p-3. The van der Waals surface area contributed by atoms with Crippen LogP contribution in [0.5, 0.6) is 0 Å². The van der Waals surface area contributed by atoms with Gasteiger partial charge in [-0.3, -0.25) is 0 Å². The van der Waals surface area contributed by atoms with Crippen LogP contribution in [0.15, 0.2) is 0 Å². The fourth-order valence-corrected chi connectivity index (χ4v) is 5.61. The van der Waals surface area contributed by atoms with Gasteiger partial charge in [0.2, 0.25) is 0 Å². The van der Waals surface area contributed by atoms with Crippen LogP contribution < -0.4 is 32.7 Å². The first-order valence-corrected chi connectivity index (χ1v) is 31.5. The molecule has 56 heavy (non-hydrogen) atoms. The van der Waals surface area contributed by atoms with Crippen molar-refractivity contribution in [2.75, 3.05) is 112 Å². The second-order valence-electron chi connectivity index (χ2n) is 13.5. The van der Waals surface area contributed by atoms with Crippen LogP contribution >= 0.6 is 59.9 Å². The van der Waals surface area contributed by atoms with E-state index in [9.17, 15) is 29.4 Å². The van der Waals surface area contributed by atoms with Gasteiger partial charge >= 0.3 is 89.2 Å². The van der Waals surface area contributed by atoms with Crippen LogP contribution in [-0.2, 0) is 42.8 Å². The number of nitrogens with one attached hydrogen (secondary N) is 4. The van der Waals surface area contributed by atoms with Crippen molar-refractivity contribution >= 4 is 84.3 Å². The van der Waals surface area contributed by atoms with Gasteiger partial charge in [0.1, 0.15) is 25.9 Å². The van der Waals surface area contributed by atoms with Gasteiger partial charge in [-0.2, -0.15) is 0 Å². The van der Waals surface area contributed by atoms with Gasteiger partial charge in [0.05, 0.1) is 59.5 Å². The van der Waals surface area contributed by atoms with E-state index in [-0.39, 0.29) is 62.4 Å². The summed E-state index contributed by atoms with van der Waals surface area (Å²) in [5, 5.41) is 30.2. The molecule has 1 fully saturated rings. The van der Waals surface area contributed by atoms with Crippen LogP contribution in [0, 0.1) is 10.8 Å². The Morgan fingerprint density at radius 2 is 1.18 bits per heavy atom. The average molecular weight is 1190 g/mol. The Morgan fingerprint density at radius 1 is 0.714 bits per heavy atom. The van der Waals surface area contributed by atoms with Crippen molar-refractivity contribution in [2.24, 2.45) is 22.3 Å². The summed E-state index contributed by atoms with van der Waals surface area (Å²) in [7, 11) is 0. The second-order valence-corrected chi connectivity index (χ2v) is 48.9. The number of rotatable bonds is 27. The number of alkyl carbamates (subject to hydrolysis) is 4. The van der Waals surface area contributed by atoms with Crippen LogP contribution in [0.25, 0.3) is 0 Å². The molecule has 0 spiro atoms. The van der Waals surface area contributed by atoms with Crippen molar-refractivity contribution in [1.29, 1.82) is 0 Å². The van der Waals surface area contributed by atoms with Crippen molar-refractivity contribution in [1.82, 2.24) is 21.3 Å². The molecule has 330 valence electrons. The molecule has 10 N–H and O–H groups in total. The topological polar surface area (TPSA) is 283 Å². The summed E-state index contributed by atoms with van der Waals surface area (Å²) in [6, 6.07) is -0.298. The second kappa shape index (κ2) is 34.3. The summed E-state index contributed by atoms with van der Waals surface area (Å²) < 4.78 is 41.3. The van der Waals surface area contributed by atoms with E-state index in [1.807, 2.05) is 6.92 Å². The Hall–Kier alpha value is -0.466. The number of carbonyl (C=O) groups is 4. The normalized spacial score (nSPS) is 18.4.